The molecule has 1 unspecified atom stereocenters. The zero-order valence-corrected chi connectivity index (χ0v) is 13.9. The van der Waals surface area contributed by atoms with Crippen molar-refractivity contribution in [2.45, 2.75) is 26.8 Å². The Morgan fingerprint density at radius 3 is 2.45 bits per heavy atom. The van der Waals surface area contributed by atoms with Crippen molar-refractivity contribution in [2.24, 2.45) is 0 Å². The highest BCUT2D eigenvalue weighted by atomic mass is 79.9. The van der Waals surface area contributed by atoms with E-state index in [9.17, 15) is 0 Å². The molecule has 3 heteroatoms. The summed E-state index contributed by atoms with van der Waals surface area (Å²) < 4.78 is 7.12. The van der Waals surface area contributed by atoms with Gasteiger partial charge in [-0.3, -0.25) is 0 Å². The maximum atomic E-state index is 6.06. The van der Waals surface area contributed by atoms with Crippen LogP contribution in [0.4, 0.5) is 0 Å². The fraction of sp³-hybridized carbons (Fsp3) is 0.294. The average molecular weight is 334 g/mol. The van der Waals surface area contributed by atoms with Crippen molar-refractivity contribution in [1.29, 1.82) is 0 Å². The molecule has 0 aliphatic carbocycles. The Balaban J connectivity index is 2.35. The number of hydrogen-bond acceptors (Lipinski definition) is 2. The van der Waals surface area contributed by atoms with Gasteiger partial charge in [-0.1, -0.05) is 22.0 Å². The van der Waals surface area contributed by atoms with Gasteiger partial charge in [0.2, 0.25) is 0 Å². The molecule has 0 saturated heterocycles. The van der Waals surface area contributed by atoms with E-state index in [1.54, 1.807) is 0 Å². The second-order valence-corrected chi connectivity index (χ2v) is 5.96. The van der Waals surface area contributed by atoms with E-state index in [0.29, 0.717) is 0 Å². The van der Waals surface area contributed by atoms with Crippen LogP contribution in [0.1, 0.15) is 29.7 Å². The van der Waals surface area contributed by atoms with Gasteiger partial charge in [0.1, 0.15) is 11.5 Å². The number of benzene rings is 2. The van der Waals surface area contributed by atoms with Crippen LogP contribution in [0.15, 0.2) is 40.9 Å². The predicted molar refractivity (Wildman–Crippen MR) is 87.6 cm³/mol. The number of nitrogens with one attached hydrogen (secondary N) is 1. The molecule has 106 valence electrons. The highest BCUT2D eigenvalue weighted by molar-refractivity contribution is 9.10. The number of ether oxygens (including phenoxy) is 1. The molecule has 0 spiro atoms. The molecule has 0 aromatic heterocycles. The van der Waals surface area contributed by atoms with Gasteiger partial charge < -0.3 is 10.1 Å². The largest absolute Gasteiger partial charge is 0.457 e. The molecule has 0 heterocycles. The Morgan fingerprint density at radius 2 is 1.80 bits per heavy atom. The SMILES string of the molecule is CNC(C)c1cc(Br)ccc1Oc1ccc(C)c(C)c1. The summed E-state index contributed by atoms with van der Waals surface area (Å²) in [6, 6.07) is 12.5. The normalized spacial score (nSPS) is 12.2. The van der Waals surface area contributed by atoms with Crippen molar-refractivity contribution in [3.05, 3.63) is 57.6 Å². The van der Waals surface area contributed by atoms with Crippen LogP contribution < -0.4 is 10.1 Å². The molecule has 0 fully saturated rings. The minimum atomic E-state index is 0.231. The molecule has 0 aliphatic heterocycles. The van der Waals surface area contributed by atoms with E-state index in [0.717, 1.165) is 21.5 Å². The lowest BCUT2D eigenvalue weighted by atomic mass is 10.1. The zero-order chi connectivity index (χ0) is 14.7. The molecule has 0 aliphatic rings. The Kier molecular flexibility index (Phi) is 4.84. The first-order valence-corrected chi connectivity index (χ1v) is 7.52. The third kappa shape index (κ3) is 3.41. The van der Waals surface area contributed by atoms with Crippen molar-refractivity contribution in [3.8, 4) is 11.5 Å². The van der Waals surface area contributed by atoms with Gasteiger partial charge in [0.25, 0.3) is 0 Å². The number of rotatable bonds is 4. The van der Waals surface area contributed by atoms with Crippen LogP contribution in [0.2, 0.25) is 0 Å². The second-order valence-electron chi connectivity index (χ2n) is 5.04. The molecule has 2 nitrogen and oxygen atoms in total. The molecule has 0 amide bonds. The van der Waals surface area contributed by atoms with Crippen molar-refractivity contribution >= 4 is 15.9 Å². The van der Waals surface area contributed by atoms with Gasteiger partial charge in [-0.25, -0.2) is 0 Å². The monoisotopic (exact) mass is 333 g/mol. The molecular formula is C17H20BrNO. The highest BCUT2D eigenvalue weighted by Crippen LogP contribution is 2.32. The summed E-state index contributed by atoms with van der Waals surface area (Å²) in [4.78, 5) is 0. The zero-order valence-electron chi connectivity index (χ0n) is 12.3. The Labute approximate surface area is 129 Å². The van der Waals surface area contributed by atoms with Crippen LogP contribution in [0.25, 0.3) is 0 Å². The van der Waals surface area contributed by atoms with Gasteiger partial charge in [0.15, 0.2) is 0 Å². The molecular weight excluding hydrogens is 314 g/mol. The lowest BCUT2D eigenvalue weighted by molar-refractivity contribution is 0.465. The number of halogens is 1. The van der Waals surface area contributed by atoms with Crippen LogP contribution >= 0.6 is 15.9 Å². The molecule has 2 aromatic carbocycles. The lowest BCUT2D eigenvalue weighted by Crippen LogP contribution is -2.13. The van der Waals surface area contributed by atoms with E-state index in [2.05, 4.69) is 60.2 Å². The standard InChI is InChI=1S/C17H20BrNO/c1-11-5-7-15(9-12(11)2)20-17-8-6-14(18)10-16(17)13(3)19-4/h5-10,13,19H,1-4H3. The van der Waals surface area contributed by atoms with E-state index >= 15 is 0 Å². The molecule has 2 aromatic rings. The quantitative estimate of drug-likeness (QED) is 0.836. The van der Waals surface area contributed by atoms with Gasteiger partial charge in [-0.05, 0) is 69.3 Å². The first-order chi connectivity index (χ1) is 9.51. The van der Waals surface area contributed by atoms with Gasteiger partial charge >= 0.3 is 0 Å². The molecule has 2 rings (SSSR count). The van der Waals surface area contributed by atoms with Crippen LogP contribution in [0, 0.1) is 13.8 Å². The van der Waals surface area contributed by atoms with E-state index in [1.807, 2.05) is 25.2 Å². The second kappa shape index (κ2) is 6.42. The Hall–Kier alpha value is -1.32. The smallest absolute Gasteiger partial charge is 0.132 e. The van der Waals surface area contributed by atoms with Crippen molar-refractivity contribution in [1.82, 2.24) is 5.32 Å². The third-order valence-electron chi connectivity index (χ3n) is 3.58. The van der Waals surface area contributed by atoms with E-state index in [-0.39, 0.29) is 6.04 Å². The first kappa shape index (κ1) is 15.1. The molecule has 0 radical (unpaired) electrons. The molecule has 1 atom stereocenters. The minimum absolute atomic E-state index is 0.231. The van der Waals surface area contributed by atoms with Gasteiger partial charge in [0.05, 0.1) is 0 Å². The number of aryl methyl sites for hydroxylation is 2. The van der Waals surface area contributed by atoms with Crippen LogP contribution in [0.3, 0.4) is 0 Å². The molecule has 20 heavy (non-hydrogen) atoms. The molecule has 1 N–H and O–H groups in total. The maximum absolute atomic E-state index is 6.06. The summed E-state index contributed by atoms with van der Waals surface area (Å²) in [5.41, 5.74) is 3.65. The maximum Gasteiger partial charge on any atom is 0.132 e. The Morgan fingerprint density at radius 1 is 1.05 bits per heavy atom. The van der Waals surface area contributed by atoms with E-state index < -0.39 is 0 Å². The summed E-state index contributed by atoms with van der Waals surface area (Å²) in [5.74, 6) is 1.76. The van der Waals surface area contributed by atoms with Crippen LogP contribution in [-0.2, 0) is 0 Å². The van der Waals surface area contributed by atoms with Gasteiger partial charge in [-0.15, -0.1) is 0 Å². The topological polar surface area (TPSA) is 21.3 Å². The fourth-order valence-electron chi connectivity index (χ4n) is 2.01. The van der Waals surface area contributed by atoms with E-state index in [1.165, 1.54) is 11.1 Å². The van der Waals surface area contributed by atoms with Crippen molar-refractivity contribution in [2.75, 3.05) is 7.05 Å². The summed E-state index contributed by atoms with van der Waals surface area (Å²) >= 11 is 3.52. The number of hydrogen-bond donors (Lipinski definition) is 1. The summed E-state index contributed by atoms with van der Waals surface area (Å²) in [6.07, 6.45) is 0. The van der Waals surface area contributed by atoms with Crippen molar-refractivity contribution in [3.63, 3.8) is 0 Å². The summed E-state index contributed by atoms with van der Waals surface area (Å²) in [6.45, 7) is 6.32. The Bertz CT molecular complexity index is 610. The minimum Gasteiger partial charge on any atom is -0.457 e. The summed E-state index contributed by atoms with van der Waals surface area (Å²) in [5, 5.41) is 3.25. The van der Waals surface area contributed by atoms with Gasteiger partial charge in [-0.2, -0.15) is 0 Å². The molecule has 0 saturated carbocycles. The van der Waals surface area contributed by atoms with Crippen molar-refractivity contribution < 1.29 is 4.74 Å². The van der Waals surface area contributed by atoms with Crippen LogP contribution in [0.5, 0.6) is 11.5 Å². The van der Waals surface area contributed by atoms with Crippen LogP contribution in [-0.4, -0.2) is 7.05 Å². The van der Waals surface area contributed by atoms with Gasteiger partial charge in [0, 0.05) is 16.1 Å². The first-order valence-electron chi connectivity index (χ1n) is 6.73. The highest BCUT2D eigenvalue weighted by Gasteiger charge is 2.12. The lowest BCUT2D eigenvalue weighted by Gasteiger charge is -2.17. The molecule has 0 bridgehead atoms. The average Bonchev–Trinajstić information content (AvgIpc) is 2.44. The predicted octanol–water partition coefficient (Wildman–Crippen LogP) is 5.14. The third-order valence-corrected chi connectivity index (χ3v) is 4.07. The van der Waals surface area contributed by atoms with E-state index in [4.69, 9.17) is 4.74 Å². The fourth-order valence-corrected chi connectivity index (χ4v) is 2.39. The summed E-state index contributed by atoms with van der Waals surface area (Å²) in [7, 11) is 1.95.